The van der Waals surface area contributed by atoms with Gasteiger partial charge in [0.1, 0.15) is 23.6 Å². The van der Waals surface area contributed by atoms with Gasteiger partial charge in [-0.05, 0) is 47.9 Å². The summed E-state index contributed by atoms with van der Waals surface area (Å²) in [6.07, 6.45) is 0.721. The molecular weight excluding hydrogens is 390 g/mol. The average Bonchev–Trinajstić information content (AvgIpc) is 2.80. The molecule has 0 bridgehead atoms. The molecule has 0 aromatic heterocycles. The number of hydrogen-bond donors (Lipinski definition) is 1. The number of ether oxygens (including phenoxy) is 3. The highest BCUT2D eigenvalue weighted by atomic mass is 16.5. The molecule has 2 N–H and O–H groups in total. The van der Waals surface area contributed by atoms with Gasteiger partial charge in [0.15, 0.2) is 0 Å². The van der Waals surface area contributed by atoms with E-state index in [4.69, 9.17) is 19.9 Å². The molecule has 0 saturated carbocycles. The molecule has 3 rings (SSSR count). The smallest absolute Gasteiger partial charge is 0.326 e. The molecule has 3 aromatic carbocycles. The minimum absolute atomic E-state index is 0.284. The lowest BCUT2D eigenvalue weighted by atomic mass is 9.85. The first-order valence-corrected chi connectivity index (χ1v) is 10.4. The van der Waals surface area contributed by atoms with Crippen molar-refractivity contribution in [3.05, 3.63) is 95.6 Å². The third-order valence-corrected chi connectivity index (χ3v) is 5.05. The third-order valence-electron chi connectivity index (χ3n) is 5.05. The zero-order chi connectivity index (χ0) is 22.1. The van der Waals surface area contributed by atoms with Gasteiger partial charge in [-0.1, -0.05) is 54.6 Å². The van der Waals surface area contributed by atoms with Crippen molar-refractivity contribution in [2.75, 3.05) is 13.7 Å². The monoisotopic (exact) mass is 419 g/mol. The van der Waals surface area contributed by atoms with Crippen molar-refractivity contribution in [2.45, 2.75) is 31.9 Å². The maximum atomic E-state index is 12.7. The number of nitrogens with two attached hydrogens (primary N) is 1. The van der Waals surface area contributed by atoms with E-state index in [0.29, 0.717) is 19.4 Å². The van der Waals surface area contributed by atoms with Gasteiger partial charge < -0.3 is 19.9 Å². The van der Waals surface area contributed by atoms with Crippen molar-refractivity contribution >= 4 is 5.97 Å². The molecule has 162 valence electrons. The lowest BCUT2D eigenvalue weighted by Gasteiger charge is -2.27. The van der Waals surface area contributed by atoms with Crippen LogP contribution >= 0.6 is 0 Å². The Kier molecular flexibility index (Phi) is 7.68. The van der Waals surface area contributed by atoms with Crippen molar-refractivity contribution in [1.29, 1.82) is 0 Å². The number of benzene rings is 3. The fourth-order valence-corrected chi connectivity index (χ4v) is 3.40. The van der Waals surface area contributed by atoms with Crippen LogP contribution in [0, 0.1) is 0 Å². The van der Waals surface area contributed by atoms with Crippen LogP contribution in [-0.4, -0.2) is 25.2 Å². The zero-order valence-corrected chi connectivity index (χ0v) is 18.0. The number of carbonyl (C=O) groups is 1. The molecule has 0 spiro atoms. The molecule has 5 heteroatoms. The summed E-state index contributed by atoms with van der Waals surface area (Å²) < 4.78 is 16.3. The second kappa shape index (κ2) is 10.6. The predicted molar refractivity (Wildman–Crippen MR) is 121 cm³/mol. The summed E-state index contributed by atoms with van der Waals surface area (Å²) in [4.78, 5) is 12.7. The number of methoxy groups -OCH3 is 1. The Morgan fingerprint density at radius 2 is 1.35 bits per heavy atom. The molecule has 0 saturated heterocycles. The maximum absolute atomic E-state index is 12.7. The normalized spacial score (nSPS) is 12.6. The summed E-state index contributed by atoms with van der Waals surface area (Å²) in [7, 11) is 1.62. The Balaban J connectivity index is 1.70. The van der Waals surface area contributed by atoms with Crippen LogP contribution < -0.4 is 15.2 Å². The van der Waals surface area contributed by atoms with Crippen LogP contribution in [0.3, 0.4) is 0 Å². The second-order valence-corrected chi connectivity index (χ2v) is 7.50. The highest BCUT2D eigenvalue weighted by Gasteiger charge is 2.36. The van der Waals surface area contributed by atoms with Crippen molar-refractivity contribution in [3.63, 3.8) is 0 Å². The molecule has 0 aliphatic heterocycles. The summed E-state index contributed by atoms with van der Waals surface area (Å²) in [6, 6.07) is 25.2. The fourth-order valence-electron chi connectivity index (χ4n) is 3.40. The van der Waals surface area contributed by atoms with Crippen LogP contribution in [0.5, 0.6) is 11.5 Å². The maximum Gasteiger partial charge on any atom is 0.326 e. The van der Waals surface area contributed by atoms with Crippen LogP contribution in [0.2, 0.25) is 0 Å². The molecule has 5 nitrogen and oxygen atoms in total. The van der Waals surface area contributed by atoms with E-state index in [2.05, 4.69) is 0 Å². The molecule has 0 aliphatic carbocycles. The molecule has 0 amide bonds. The van der Waals surface area contributed by atoms with Gasteiger partial charge >= 0.3 is 5.97 Å². The van der Waals surface area contributed by atoms with E-state index >= 15 is 0 Å². The highest BCUT2D eigenvalue weighted by Crippen LogP contribution is 2.23. The molecule has 1 atom stereocenters. The van der Waals surface area contributed by atoms with E-state index in [-0.39, 0.29) is 6.61 Å². The minimum atomic E-state index is -1.17. The molecule has 0 heterocycles. The van der Waals surface area contributed by atoms with Gasteiger partial charge in [0.25, 0.3) is 0 Å². The largest absolute Gasteiger partial charge is 0.497 e. The van der Waals surface area contributed by atoms with E-state index < -0.39 is 11.5 Å². The van der Waals surface area contributed by atoms with Gasteiger partial charge in [-0.15, -0.1) is 0 Å². The molecule has 3 aromatic rings. The first-order chi connectivity index (χ1) is 15.0. The number of carbonyl (C=O) groups excluding carboxylic acids is 1. The number of hydrogen-bond acceptors (Lipinski definition) is 5. The van der Waals surface area contributed by atoms with Gasteiger partial charge in [-0.25, -0.2) is 0 Å². The standard InChI is InChI=1S/C26H29NO4/c1-3-30-25(28)26(27,17-20-9-13-23(29-2)14-10-20)18-21-11-15-24(16-12-21)31-19-22-7-5-4-6-8-22/h4-16H,3,17-19,27H2,1-2H3. The van der Waals surface area contributed by atoms with E-state index in [1.54, 1.807) is 14.0 Å². The van der Waals surface area contributed by atoms with Gasteiger partial charge in [0.2, 0.25) is 0 Å². The predicted octanol–water partition coefficient (Wildman–Crippen LogP) is 4.32. The highest BCUT2D eigenvalue weighted by molar-refractivity contribution is 5.81. The lowest BCUT2D eigenvalue weighted by Crippen LogP contribution is -2.52. The fraction of sp³-hybridized carbons (Fsp3) is 0.269. The first kappa shape index (κ1) is 22.4. The summed E-state index contributed by atoms with van der Waals surface area (Å²) in [5.74, 6) is 1.12. The zero-order valence-electron chi connectivity index (χ0n) is 18.0. The quantitative estimate of drug-likeness (QED) is 0.496. The van der Waals surface area contributed by atoms with E-state index in [1.165, 1.54) is 0 Å². The Morgan fingerprint density at radius 1 is 0.806 bits per heavy atom. The lowest BCUT2D eigenvalue weighted by molar-refractivity contribution is -0.149. The first-order valence-electron chi connectivity index (χ1n) is 10.4. The van der Waals surface area contributed by atoms with Crippen LogP contribution in [0.25, 0.3) is 0 Å². The topological polar surface area (TPSA) is 70.8 Å². The summed E-state index contributed by atoms with van der Waals surface area (Å²) in [6.45, 7) is 2.57. The summed E-state index contributed by atoms with van der Waals surface area (Å²) >= 11 is 0. The van der Waals surface area contributed by atoms with E-state index in [1.807, 2.05) is 78.9 Å². The van der Waals surface area contributed by atoms with Crippen LogP contribution in [0.4, 0.5) is 0 Å². The Labute approximate surface area is 183 Å². The Bertz CT molecular complexity index is 955. The Morgan fingerprint density at radius 3 is 1.87 bits per heavy atom. The molecule has 0 aliphatic rings. The van der Waals surface area contributed by atoms with Crippen LogP contribution in [0.1, 0.15) is 23.6 Å². The SMILES string of the molecule is CCOC(=O)C(N)(Cc1ccc(OC)cc1)Cc1ccc(OCc2ccccc2)cc1. The minimum Gasteiger partial charge on any atom is -0.497 e. The second-order valence-electron chi connectivity index (χ2n) is 7.50. The van der Waals surface area contributed by atoms with E-state index in [9.17, 15) is 4.79 Å². The molecule has 0 fully saturated rings. The van der Waals surface area contributed by atoms with Gasteiger partial charge in [0, 0.05) is 12.8 Å². The van der Waals surface area contributed by atoms with Crippen molar-refractivity contribution in [1.82, 2.24) is 0 Å². The van der Waals surface area contributed by atoms with Crippen molar-refractivity contribution < 1.29 is 19.0 Å². The Hall–Kier alpha value is -3.31. The summed E-state index contributed by atoms with van der Waals surface area (Å²) in [5, 5.41) is 0. The molecule has 1 unspecified atom stereocenters. The molecule has 31 heavy (non-hydrogen) atoms. The molecule has 0 radical (unpaired) electrons. The molecular formula is C26H29NO4. The van der Waals surface area contributed by atoms with E-state index in [0.717, 1.165) is 28.2 Å². The van der Waals surface area contributed by atoms with Gasteiger partial charge in [-0.3, -0.25) is 4.79 Å². The number of esters is 1. The van der Waals surface area contributed by atoms with Gasteiger partial charge in [0.05, 0.1) is 13.7 Å². The number of rotatable bonds is 10. The average molecular weight is 420 g/mol. The van der Waals surface area contributed by atoms with Crippen LogP contribution in [-0.2, 0) is 29.0 Å². The van der Waals surface area contributed by atoms with Crippen molar-refractivity contribution in [2.24, 2.45) is 5.73 Å². The third kappa shape index (κ3) is 6.33. The van der Waals surface area contributed by atoms with Gasteiger partial charge in [-0.2, -0.15) is 0 Å². The summed E-state index contributed by atoms with van der Waals surface area (Å²) in [5.41, 5.74) is 8.42. The van der Waals surface area contributed by atoms with Crippen molar-refractivity contribution in [3.8, 4) is 11.5 Å². The van der Waals surface area contributed by atoms with Crippen LogP contribution in [0.15, 0.2) is 78.9 Å².